The molecule has 0 aliphatic carbocycles. The molecule has 2 rings (SSSR count). The molecule has 0 aliphatic heterocycles. The maximum atomic E-state index is 8.83. The third kappa shape index (κ3) is 2.63. The Bertz CT molecular complexity index is 512. The van der Waals surface area contributed by atoms with Gasteiger partial charge in [0, 0.05) is 4.90 Å². The summed E-state index contributed by atoms with van der Waals surface area (Å²) < 4.78 is 0. The number of hydrogen-bond acceptors (Lipinski definition) is 4. The maximum absolute atomic E-state index is 8.83. The average Bonchev–Trinajstić information content (AvgIpc) is 2.69. The van der Waals surface area contributed by atoms with Crippen LogP contribution in [0.1, 0.15) is 15.6 Å². The number of nitriles is 1. The molecule has 2 nitrogen and oxygen atoms in total. The number of nitrogens with zero attached hydrogens (tertiary/aromatic N) is 2. The Kier molecular flexibility index (Phi) is 3.60. The van der Waals surface area contributed by atoms with Crippen molar-refractivity contribution >= 4 is 23.1 Å². The van der Waals surface area contributed by atoms with E-state index in [-0.39, 0.29) is 0 Å². The Hall–Kier alpha value is -1.31. The number of benzene rings is 1. The van der Waals surface area contributed by atoms with Crippen LogP contribution < -0.4 is 0 Å². The van der Waals surface area contributed by atoms with Crippen LogP contribution in [0.15, 0.2) is 35.2 Å². The van der Waals surface area contributed by atoms with E-state index in [0.29, 0.717) is 0 Å². The highest BCUT2D eigenvalue weighted by atomic mass is 32.2. The first-order valence-electron chi connectivity index (χ1n) is 4.84. The average molecular weight is 246 g/mol. The lowest BCUT2D eigenvalue weighted by Crippen LogP contribution is -1.79. The van der Waals surface area contributed by atoms with Gasteiger partial charge in [-0.05, 0) is 19.1 Å². The third-order valence-electron chi connectivity index (χ3n) is 2.05. The van der Waals surface area contributed by atoms with Gasteiger partial charge in [0.1, 0.15) is 16.0 Å². The summed E-state index contributed by atoms with van der Waals surface area (Å²) in [6, 6.07) is 12.4. The van der Waals surface area contributed by atoms with Gasteiger partial charge in [-0.1, -0.05) is 18.2 Å². The topological polar surface area (TPSA) is 36.7 Å². The largest absolute Gasteiger partial charge is 0.244 e. The smallest absolute Gasteiger partial charge is 0.127 e. The van der Waals surface area contributed by atoms with Crippen molar-refractivity contribution in [2.45, 2.75) is 17.6 Å². The van der Waals surface area contributed by atoms with Crippen molar-refractivity contribution in [3.8, 4) is 6.07 Å². The van der Waals surface area contributed by atoms with Gasteiger partial charge in [0.2, 0.25) is 0 Å². The van der Waals surface area contributed by atoms with Crippen LogP contribution in [-0.4, -0.2) is 4.98 Å². The standard InChI is InChI=1S/C12H10N2S2/c1-9-11(7-13)16-12(14-9)8-15-10-5-3-2-4-6-10/h2-6H,8H2,1H3. The molecule has 0 atom stereocenters. The van der Waals surface area contributed by atoms with Gasteiger partial charge < -0.3 is 0 Å². The number of aromatic nitrogens is 1. The summed E-state index contributed by atoms with van der Waals surface area (Å²) >= 11 is 3.23. The molecule has 1 aromatic heterocycles. The van der Waals surface area contributed by atoms with Gasteiger partial charge in [-0.15, -0.1) is 23.1 Å². The third-order valence-corrected chi connectivity index (χ3v) is 4.32. The van der Waals surface area contributed by atoms with Crippen LogP contribution in [0.3, 0.4) is 0 Å². The van der Waals surface area contributed by atoms with Crippen LogP contribution >= 0.6 is 23.1 Å². The molecule has 2 aromatic rings. The maximum Gasteiger partial charge on any atom is 0.127 e. The van der Waals surface area contributed by atoms with E-state index in [2.05, 4.69) is 23.2 Å². The quantitative estimate of drug-likeness (QED) is 0.776. The molecule has 0 spiro atoms. The monoisotopic (exact) mass is 246 g/mol. The Morgan fingerprint density at radius 3 is 2.75 bits per heavy atom. The van der Waals surface area contributed by atoms with Gasteiger partial charge in [-0.3, -0.25) is 0 Å². The zero-order valence-electron chi connectivity index (χ0n) is 8.80. The van der Waals surface area contributed by atoms with Crippen LogP contribution in [0.2, 0.25) is 0 Å². The van der Waals surface area contributed by atoms with E-state index in [1.165, 1.54) is 16.2 Å². The minimum atomic E-state index is 0.726. The van der Waals surface area contributed by atoms with Crippen molar-refractivity contribution in [3.63, 3.8) is 0 Å². The Morgan fingerprint density at radius 1 is 1.38 bits per heavy atom. The highest BCUT2D eigenvalue weighted by Crippen LogP contribution is 2.26. The van der Waals surface area contributed by atoms with E-state index in [1.54, 1.807) is 11.8 Å². The van der Waals surface area contributed by atoms with Crippen LogP contribution in [0.4, 0.5) is 0 Å². The molecule has 4 heteroatoms. The predicted octanol–water partition coefficient (Wildman–Crippen LogP) is 3.62. The molecule has 80 valence electrons. The molecule has 16 heavy (non-hydrogen) atoms. The lowest BCUT2D eigenvalue weighted by Gasteiger charge is -1.97. The first kappa shape index (κ1) is 11.2. The zero-order chi connectivity index (χ0) is 11.4. The van der Waals surface area contributed by atoms with Crippen LogP contribution in [-0.2, 0) is 5.75 Å². The predicted molar refractivity (Wildman–Crippen MR) is 67.6 cm³/mol. The molecule has 0 unspecified atom stereocenters. The summed E-state index contributed by atoms with van der Waals surface area (Å²) in [4.78, 5) is 6.33. The minimum absolute atomic E-state index is 0.726. The van der Waals surface area contributed by atoms with Gasteiger partial charge in [-0.2, -0.15) is 5.26 Å². The highest BCUT2D eigenvalue weighted by Gasteiger charge is 2.06. The van der Waals surface area contributed by atoms with Gasteiger partial charge in [-0.25, -0.2) is 4.98 Å². The van der Waals surface area contributed by atoms with Crippen molar-refractivity contribution < 1.29 is 0 Å². The van der Waals surface area contributed by atoms with Gasteiger partial charge >= 0.3 is 0 Å². The number of thioether (sulfide) groups is 1. The summed E-state index contributed by atoms with van der Waals surface area (Å²) in [6.07, 6.45) is 0. The molecule has 1 heterocycles. The molecular weight excluding hydrogens is 236 g/mol. The summed E-state index contributed by atoms with van der Waals surface area (Å²) in [5, 5.41) is 9.85. The zero-order valence-corrected chi connectivity index (χ0v) is 10.4. The van der Waals surface area contributed by atoms with Crippen LogP contribution in [0.25, 0.3) is 0 Å². The Labute approximate surface area is 103 Å². The molecule has 0 radical (unpaired) electrons. The second-order valence-electron chi connectivity index (χ2n) is 3.24. The fourth-order valence-corrected chi connectivity index (χ4v) is 3.05. The van der Waals surface area contributed by atoms with E-state index in [1.807, 2.05) is 25.1 Å². The lowest BCUT2D eigenvalue weighted by molar-refractivity contribution is 1.18. The summed E-state index contributed by atoms with van der Waals surface area (Å²) in [7, 11) is 0. The van der Waals surface area contributed by atoms with Gasteiger partial charge in [0.25, 0.3) is 0 Å². The lowest BCUT2D eigenvalue weighted by atomic mass is 10.4. The molecular formula is C12H10N2S2. The van der Waals surface area contributed by atoms with Crippen molar-refractivity contribution in [1.29, 1.82) is 5.26 Å². The molecule has 0 N–H and O–H groups in total. The van der Waals surface area contributed by atoms with Gasteiger partial charge in [0.05, 0.1) is 11.4 Å². The molecule has 0 aliphatic rings. The van der Waals surface area contributed by atoms with E-state index in [9.17, 15) is 0 Å². The number of hydrogen-bond donors (Lipinski definition) is 0. The number of thiazole rings is 1. The Morgan fingerprint density at radius 2 is 2.12 bits per heavy atom. The van der Waals surface area contributed by atoms with E-state index in [0.717, 1.165) is 21.3 Å². The van der Waals surface area contributed by atoms with Crippen molar-refractivity contribution in [2.24, 2.45) is 0 Å². The van der Waals surface area contributed by atoms with E-state index < -0.39 is 0 Å². The number of aryl methyl sites for hydroxylation is 1. The van der Waals surface area contributed by atoms with E-state index >= 15 is 0 Å². The second-order valence-corrected chi connectivity index (χ2v) is 5.37. The molecule has 0 saturated carbocycles. The molecule has 0 saturated heterocycles. The van der Waals surface area contributed by atoms with Crippen LogP contribution in [0, 0.1) is 18.3 Å². The fourth-order valence-electron chi connectivity index (χ4n) is 1.28. The number of rotatable bonds is 3. The highest BCUT2D eigenvalue weighted by molar-refractivity contribution is 7.98. The van der Waals surface area contributed by atoms with E-state index in [4.69, 9.17) is 5.26 Å². The molecule has 0 bridgehead atoms. The first-order chi connectivity index (χ1) is 7.79. The van der Waals surface area contributed by atoms with Crippen molar-refractivity contribution in [3.05, 3.63) is 45.9 Å². The molecule has 0 fully saturated rings. The minimum Gasteiger partial charge on any atom is -0.244 e. The molecule has 1 aromatic carbocycles. The van der Waals surface area contributed by atoms with Crippen molar-refractivity contribution in [1.82, 2.24) is 4.98 Å². The first-order valence-corrected chi connectivity index (χ1v) is 6.64. The molecule has 0 amide bonds. The van der Waals surface area contributed by atoms with Crippen LogP contribution in [0.5, 0.6) is 0 Å². The SMILES string of the molecule is Cc1nc(CSc2ccccc2)sc1C#N. The van der Waals surface area contributed by atoms with Gasteiger partial charge in [0.15, 0.2) is 0 Å². The van der Waals surface area contributed by atoms with Crippen molar-refractivity contribution in [2.75, 3.05) is 0 Å². The second kappa shape index (κ2) is 5.15. The Balaban J connectivity index is 2.03. The fraction of sp³-hybridized carbons (Fsp3) is 0.167. The summed E-state index contributed by atoms with van der Waals surface area (Å²) in [5.74, 6) is 0.831. The summed E-state index contributed by atoms with van der Waals surface area (Å²) in [5.41, 5.74) is 0.844. The summed E-state index contributed by atoms with van der Waals surface area (Å²) in [6.45, 7) is 1.88. The normalized spacial score (nSPS) is 10.0.